The van der Waals surface area contributed by atoms with Crippen LogP contribution in [0.1, 0.15) is 19.8 Å². The van der Waals surface area contributed by atoms with E-state index >= 15 is 0 Å². The first-order valence-corrected chi connectivity index (χ1v) is 7.79. The van der Waals surface area contributed by atoms with E-state index in [0.717, 1.165) is 28.7 Å². The zero-order chi connectivity index (χ0) is 14.8. The van der Waals surface area contributed by atoms with Gasteiger partial charge < -0.3 is 10.6 Å². The molecule has 0 radical (unpaired) electrons. The average molecular weight is 349 g/mol. The van der Waals surface area contributed by atoms with Crippen molar-refractivity contribution in [2.45, 2.75) is 31.8 Å². The minimum absolute atomic E-state index is 0.0335. The van der Waals surface area contributed by atoms with Gasteiger partial charge in [-0.25, -0.2) is 4.68 Å². The minimum Gasteiger partial charge on any atom is -0.371 e. The quantitative estimate of drug-likeness (QED) is 0.873. The van der Waals surface area contributed by atoms with Crippen LogP contribution in [0.4, 0.5) is 5.69 Å². The van der Waals surface area contributed by atoms with Gasteiger partial charge in [0.05, 0.1) is 23.8 Å². The Kier molecular flexibility index (Phi) is 3.96. The van der Waals surface area contributed by atoms with Gasteiger partial charge in [-0.2, -0.15) is 5.10 Å². The van der Waals surface area contributed by atoms with Gasteiger partial charge in [-0.05, 0) is 47.8 Å². The van der Waals surface area contributed by atoms with E-state index in [1.807, 2.05) is 37.4 Å². The number of rotatable bonds is 5. The van der Waals surface area contributed by atoms with E-state index in [9.17, 15) is 4.79 Å². The Balaban J connectivity index is 1.67. The molecule has 1 aliphatic carbocycles. The number of nitrogens with one attached hydrogen (secondary N) is 2. The van der Waals surface area contributed by atoms with Crippen LogP contribution in [0.5, 0.6) is 0 Å². The predicted molar refractivity (Wildman–Crippen MR) is 85.5 cm³/mol. The van der Waals surface area contributed by atoms with Gasteiger partial charge in [-0.15, -0.1) is 0 Å². The van der Waals surface area contributed by atoms with E-state index in [4.69, 9.17) is 0 Å². The molecule has 2 aromatic rings. The first-order valence-electron chi connectivity index (χ1n) is 7.00. The largest absolute Gasteiger partial charge is 0.371 e. The number of carbonyl (C=O) groups excluding carboxylic acids is 1. The number of halogens is 1. The monoisotopic (exact) mass is 348 g/mol. The van der Waals surface area contributed by atoms with Crippen LogP contribution in [0, 0.1) is 0 Å². The van der Waals surface area contributed by atoms with Crippen molar-refractivity contribution >= 4 is 27.5 Å². The van der Waals surface area contributed by atoms with Gasteiger partial charge in [0.25, 0.3) is 0 Å². The smallest absolute Gasteiger partial charge is 0.242 e. The van der Waals surface area contributed by atoms with Gasteiger partial charge in [0.15, 0.2) is 0 Å². The van der Waals surface area contributed by atoms with E-state index in [2.05, 4.69) is 31.7 Å². The summed E-state index contributed by atoms with van der Waals surface area (Å²) in [5, 5.41) is 10.5. The van der Waals surface area contributed by atoms with Crippen LogP contribution in [-0.4, -0.2) is 27.8 Å². The summed E-state index contributed by atoms with van der Waals surface area (Å²) in [7, 11) is 0. The van der Waals surface area contributed by atoms with Crippen LogP contribution in [0.3, 0.4) is 0 Å². The molecule has 1 amide bonds. The average Bonchev–Trinajstić information content (AvgIpc) is 3.16. The summed E-state index contributed by atoms with van der Waals surface area (Å²) in [5.74, 6) is 0.0335. The number of para-hydroxylation sites is 1. The van der Waals surface area contributed by atoms with Gasteiger partial charge >= 0.3 is 0 Å². The molecule has 0 bridgehead atoms. The van der Waals surface area contributed by atoms with Crippen LogP contribution >= 0.6 is 15.9 Å². The minimum atomic E-state index is -0.275. The molecule has 6 heteroatoms. The van der Waals surface area contributed by atoms with Gasteiger partial charge in [0, 0.05) is 10.5 Å². The van der Waals surface area contributed by atoms with E-state index in [0.29, 0.717) is 6.04 Å². The van der Waals surface area contributed by atoms with E-state index in [1.54, 1.807) is 10.9 Å². The zero-order valence-corrected chi connectivity index (χ0v) is 13.3. The van der Waals surface area contributed by atoms with Crippen LogP contribution in [0.2, 0.25) is 0 Å². The number of aromatic nitrogens is 2. The highest BCUT2D eigenvalue weighted by molar-refractivity contribution is 9.10. The number of anilines is 1. The molecule has 21 heavy (non-hydrogen) atoms. The fourth-order valence-corrected chi connectivity index (χ4v) is 2.50. The number of nitrogens with zero attached hydrogens (tertiary/aromatic N) is 2. The van der Waals surface area contributed by atoms with Crippen molar-refractivity contribution in [2.75, 3.05) is 5.32 Å². The maximum absolute atomic E-state index is 11.9. The van der Waals surface area contributed by atoms with Gasteiger partial charge in [-0.3, -0.25) is 4.79 Å². The third-order valence-corrected chi connectivity index (χ3v) is 4.05. The second-order valence-electron chi connectivity index (χ2n) is 5.27. The van der Waals surface area contributed by atoms with Crippen molar-refractivity contribution in [1.82, 2.24) is 15.1 Å². The van der Waals surface area contributed by atoms with Crippen molar-refractivity contribution in [1.29, 1.82) is 0 Å². The molecule has 1 unspecified atom stereocenters. The van der Waals surface area contributed by atoms with Crippen molar-refractivity contribution in [3.63, 3.8) is 0 Å². The van der Waals surface area contributed by atoms with Crippen molar-refractivity contribution in [3.05, 3.63) is 41.1 Å². The Bertz CT molecular complexity index is 651. The summed E-state index contributed by atoms with van der Waals surface area (Å²) >= 11 is 3.51. The molecule has 110 valence electrons. The number of hydrogen-bond donors (Lipinski definition) is 2. The predicted octanol–water partition coefficient (Wildman–Crippen LogP) is 2.71. The summed E-state index contributed by atoms with van der Waals surface area (Å²) in [6.07, 6.45) is 5.79. The lowest BCUT2D eigenvalue weighted by Crippen LogP contribution is -2.38. The fourth-order valence-electron chi connectivity index (χ4n) is 2.04. The van der Waals surface area contributed by atoms with Crippen LogP contribution < -0.4 is 10.6 Å². The lowest BCUT2D eigenvalue weighted by atomic mass is 10.3. The van der Waals surface area contributed by atoms with Crippen molar-refractivity contribution in [2.24, 2.45) is 0 Å². The second kappa shape index (κ2) is 5.89. The summed E-state index contributed by atoms with van der Waals surface area (Å²) in [6, 6.07) is 7.97. The van der Waals surface area contributed by atoms with Gasteiger partial charge in [0.1, 0.15) is 6.04 Å². The Labute approximate surface area is 131 Å². The molecule has 1 aliphatic rings. The summed E-state index contributed by atoms with van der Waals surface area (Å²) in [5.41, 5.74) is 1.78. The van der Waals surface area contributed by atoms with Gasteiger partial charge in [-0.1, -0.05) is 12.1 Å². The fraction of sp³-hybridized carbons (Fsp3) is 0.333. The number of amides is 1. The topological polar surface area (TPSA) is 59.0 Å². The lowest BCUT2D eigenvalue weighted by Gasteiger charge is -2.13. The molecule has 2 N–H and O–H groups in total. The molecular formula is C15H17BrN4O. The van der Waals surface area contributed by atoms with Crippen molar-refractivity contribution < 1.29 is 4.79 Å². The molecule has 0 spiro atoms. The molecule has 1 heterocycles. The number of hydrogen-bond acceptors (Lipinski definition) is 3. The Morgan fingerprint density at radius 3 is 2.90 bits per heavy atom. The summed E-state index contributed by atoms with van der Waals surface area (Å²) in [4.78, 5) is 11.9. The van der Waals surface area contributed by atoms with Crippen LogP contribution in [0.15, 0.2) is 41.1 Å². The highest BCUT2D eigenvalue weighted by Gasteiger charge is 2.25. The highest BCUT2D eigenvalue weighted by atomic mass is 79.9. The lowest BCUT2D eigenvalue weighted by molar-refractivity contribution is -0.121. The molecular weight excluding hydrogens is 332 g/mol. The molecule has 3 rings (SSSR count). The first-order chi connectivity index (χ1) is 10.1. The molecule has 1 fully saturated rings. The normalized spacial score (nSPS) is 15.5. The maximum atomic E-state index is 11.9. The van der Waals surface area contributed by atoms with E-state index in [-0.39, 0.29) is 11.9 Å². The highest BCUT2D eigenvalue weighted by Crippen LogP contribution is 2.22. The van der Waals surface area contributed by atoms with Gasteiger partial charge in [0.2, 0.25) is 5.91 Å². The third-order valence-electron chi connectivity index (χ3n) is 3.38. The molecule has 0 aliphatic heterocycles. The molecule has 5 nitrogen and oxygen atoms in total. The van der Waals surface area contributed by atoms with Crippen LogP contribution in [0.25, 0.3) is 5.69 Å². The van der Waals surface area contributed by atoms with Crippen molar-refractivity contribution in [3.8, 4) is 5.69 Å². The Hall–Kier alpha value is -1.82. The third kappa shape index (κ3) is 3.44. The van der Waals surface area contributed by atoms with E-state index in [1.165, 1.54) is 0 Å². The summed E-state index contributed by atoms with van der Waals surface area (Å²) < 4.78 is 2.75. The number of carbonyl (C=O) groups is 1. The standard InChI is InChI=1S/C15H17BrN4O/c1-10(15(21)19-11-6-7-11)18-12-8-17-20(9-12)14-5-3-2-4-13(14)16/h2-5,8-11,18H,6-7H2,1H3,(H,19,21). The Morgan fingerprint density at radius 2 is 2.19 bits per heavy atom. The molecule has 1 atom stereocenters. The summed E-state index contributed by atoms with van der Waals surface area (Å²) in [6.45, 7) is 1.85. The Morgan fingerprint density at radius 1 is 1.43 bits per heavy atom. The molecule has 1 aromatic carbocycles. The zero-order valence-electron chi connectivity index (χ0n) is 11.7. The SMILES string of the molecule is CC(Nc1cnn(-c2ccccc2Br)c1)C(=O)NC1CC1. The molecule has 0 saturated heterocycles. The molecule has 1 aromatic heterocycles. The maximum Gasteiger partial charge on any atom is 0.242 e. The van der Waals surface area contributed by atoms with Crippen LogP contribution in [-0.2, 0) is 4.79 Å². The second-order valence-corrected chi connectivity index (χ2v) is 6.13. The number of benzene rings is 1. The molecule has 1 saturated carbocycles. The van der Waals surface area contributed by atoms with E-state index < -0.39 is 0 Å². The first kappa shape index (κ1) is 14.1.